The van der Waals surface area contributed by atoms with Gasteiger partial charge in [-0.1, -0.05) is 42.5 Å². The Morgan fingerprint density at radius 3 is 2.53 bits per heavy atom. The van der Waals surface area contributed by atoms with Crippen LogP contribution in [0.2, 0.25) is 0 Å². The van der Waals surface area contributed by atoms with Crippen LogP contribution in [0.4, 0.5) is 5.69 Å². The molecule has 0 spiro atoms. The summed E-state index contributed by atoms with van der Waals surface area (Å²) >= 11 is 0. The number of hydrogen-bond acceptors (Lipinski definition) is 4. The first-order valence-corrected chi connectivity index (χ1v) is 9.88. The van der Waals surface area contributed by atoms with E-state index in [0.717, 1.165) is 22.4 Å². The third kappa shape index (κ3) is 5.11. The van der Waals surface area contributed by atoms with Crippen molar-refractivity contribution in [3.8, 4) is 0 Å². The van der Waals surface area contributed by atoms with Gasteiger partial charge >= 0.3 is 0 Å². The van der Waals surface area contributed by atoms with Crippen LogP contribution in [0.15, 0.2) is 53.6 Å². The molecule has 0 atom stereocenters. The number of benzene rings is 2. The SMILES string of the molecule is Cc1cccc(NC(=O)CN(C)C(=O)C2=NN(Cc3ccccc3)C(=O)CC2)c1C. The number of likely N-dealkylation sites (N-methyl/N-ethyl adjacent to an activating group) is 1. The highest BCUT2D eigenvalue weighted by Crippen LogP contribution is 2.18. The number of carbonyl (C=O) groups excluding carboxylic acids is 3. The van der Waals surface area contributed by atoms with E-state index < -0.39 is 0 Å². The summed E-state index contributed by atoms with van der Waals surface area (Å²) in [5.41, 5.74) is 4.02. The van der Waals surface area contributed by atoms with Gasteiger partial charge < -0.3 is 10.2 Å². The fraction of sp³-hybridized carbons (Fsp3) is 0.304. The smallest absolute Gasteiger partial charge is 0.270 e. The van der Waals surface area contributed by atoms with Gasteiger partial charge in [-0.05, 0) is 36.6 Å². The van der Waals surface area contributed by atoms with Crippen molar-refractivity contribution in [2.24, 2.45) is 5.10 Å². The lowest BCUT2D eigenvalue weighted by Gasteiger charge is -2.25. The average molecular weight is 406 g/mol. The van der Waals surface area contributed by atoms with Crippen molar-refractivity contribution in [2.75, 3.05) is 18.9 Å². The molecule has 0 saturated carbocycles. The number of aryl methyl sites for hydroxylation is 1. The summed E-state index contributed by atoms with van der Waals surface area (Å²) in [4.78, 5) is 38.7. The van der Waals surface area contributed by atoms with Gasteiger partial charge in [0.2, 0.25) is 11.8 Å². The summed E-state index contributed by atoms with van der Waals surface area (Å²) in [5.74, 6) is -0.754. The standard InChI is InChI=1S/C23H26N4O3/c1-16-8-7-11-19(17(16)2)24-21(28)15-26(3)23(30)20-12-13-22(29)27(25-20)14-18-9-5-4-6-10-18/h4-11H,12-15H2,1-3H3,(H,24,28). The number of nitrogens with one attached hydrogen (secondary N) is 1. The van der Waals surface area contributed by atoms with Gasteiger partial charge in [0.15, 0.2) is 0 Å². The monoisotopic (exact) mass is 406 g/mol. The number of nitrogens with zero attached hydrogens (tertiary/aromatic N) is 3. The van der Waals surface area contributed by atoms with Gasteiger partial charge in [-0.25, -0.2) is 5.01 Å². The Morgan fingerprint density at radius 2 is 1.80 bits per heavy atom. The zero-order chi connectivity index (χ0) is 21.7. The van der Waals surface area contributed by atoms with Crippen LogP contribution in [0.5, 0.6) is 0 Å². The summed E-state index contributed by atoms with van der Waals surface area (Å²) in [5, 5.41) is 8.45. The molecule has 30 heavy (non-hydrogen) atoms. The molecule has 7 heteroatoms. The van der Waals surface area contributed by atoms with E-state index in [9.17, 15) is 14.4 Å². The number of rotatable bonds is 6. The normalized spacial score (nSPS) is 13.6. The maximum absolute atomic E-state index is 12.8. The van der Waals surface area contributed by atoms with Gasteiger partial charge in [0.05, 0.1) is 13.1 Å². The van der Waals surface area contributed by atoms with Crippen LogP contribution >= 0.6 is 0 Å². The fourth-order valence-electron chi connectivity index (χ4n) is 3.22. The van der Waals surface area contributed by atoms with Crippen molar-refractivity contribution in [3.05, 3.63) is 65.2 Å². The number of anilines is 1. The second-order valence-electron chi connectivity index (χ2n) is 7.44. The maximum Gasteiger partial charge on any atom is 0.270 e. The first kappa shape index (κ1) is 21.2. The summed E-state index contributed by atoms with van der Waals surface area (Å²) < 4.78 is 0. The third-order valence-electron chi connectivity index (χ3n) is 5.13. The molecule has 1 aliphatic rings. The van der Waals surface area contributed by atoms with Gasteiger partial charge in [0.25, 0.3) is 5.91 Å². The second-order valence-corrected chi connectivity index (χ2v) is 7.44. The quantitative estimate of drug-likeness (QED) is 0.801. The lowest BCUT2D eigenvalue weighted by atomic mass is 10.1. The molecule has 2 aromatic rings. The maximum atomic E-state index is 12.8. The third-order valence-corrected chi connectivity index (χ3v) is 5.13. The van der Waals surface area contributed by atoms with Crippen LogP contribution in [0, 0.1) is 13.8 Å². The minimum atomic E-state index is -0.350. The Hall–Kier alpha value is -3.48. The van der Waals surface area contributed by atoms with Gasteiger partial charge in [-0.3, -0.25) is 14.4 Å². The van der Waals surface area contributed by atoms with Crippen molar-refractivity contribution in [2.45, 2.75) is 33.2 Å². The Bertz CT molecular complexity index is 985. The highest BCUT2D eigenvalue weighted by atomic mass is 16.2. The number of carbonyl (C=O) groups is 3. The van der Waals surface area contributed by atoms with Crippen LogP contribution in [0.25, 0.3) is 0 Å². The molecule has 1 N–H and O–H groups in total. The zero-order valence-electron chi connectivity index (χ0n) is 17.5. The van der Waals surface area contributed by atoms with Gasteiger partial charge in [0.1, 0.15) is 5.71 Å². The molecule has 0 unspecified atom stereocenters. The molecular weight excluding hydrogens is 380 g/mol. The molecule has 1 heterocycles. The molecule has 0 aromatic heterocycles. The van der Waals surface area contributed by atoms with Crippen molar-refractivity contribution in [3.63, 3.8) is 0 Å². The largest absolute Gasteiger partial charge is 0.331 e. The Kier molecular flexibility index (Phi) is 6.61. The first-order valence-electron chi connectivity index (χ1n) is 9.88. The summed E-state index contributed by atoms with van der Waals surface area (Å²) in [7, 11) is 1.56. The predicted molar refractivity (Wildman–Crippen MR) is 116 cm³/mol. The number of amides is 3. The summed E-state index contributed by atoms with van der Waals surface area (Å²) in [6.07, 6.45) is 0.492. The van der Waals surface area contributed by atoms with E-state index in [1.165, 1.54) is 9.91 Å². The number of hydrogen-bond donors (Lipinski definition) is 1. The van der Waals surface area contributed by atoms with E-state index >= 15 is 0 Å². The van der Waals surface area contributed by atoms with Crippen molar-refractivity contribution in [1.82, 2.24) is 9.91 Å². The lowest BCUT2D eigenvalue weighted by Crippen LogP contribution is -2.42. The topological polar surface area (TPSA) is 82.1 Å². The molecule has 7 nitrogen and oxygen atoms in total. The van der Waals surface area contributed by atoms with Crippen molar-refractivity contribution >= 4 is 29.1 Å². The van der Waals surface area contributed by atoms with E-state index in [1.54, 1.807) is 7.05 Å². The van der Waals surface area contributed by atoms with E-state index in [2.05, 4.69) is 10.4 Å². The second kappa shape index (κ2) is 9.35. The molecule has 3 amide bonds. The Labute approximate surface area is 176 Å². The van der Waals surface area contributed by atoms with E-state index in [0.29, 0.717) is 6.54 Å². The lowest BCUT2D eigenvalue weighted by molar-refractivity contribution is -0.133. The summed E-state index contributed by atoms with van der Waals surface area (Å²) in [6.45, 7) is 4.13. The first-order chi connectivity index (χ1) is 14.3. The number of hydrazone groups is 1. The van der Waals surface area contributed by atoms with Crippen LogP contribution in [0.3, 0.4) is 0 Å². The van der Waals surface area contributed by atoms with Gasteiger partial charge in [0, 0.05) is 25.6 Å². The van der Waals surface area contributed by atoms with Crippen LogP contribution in [-0.2, 0) is 20.9 Å². The van der Waals surface area contributed by atoms with Crippen molar-refractivity contribution in [1.29, 1.82) is 0 Å². The fourth-order valence-corrected chi connectivity index (χ4v) is 3.22. The highest BCUT2D eigenvalue weighted by molar-refractivity contribution is 6.39. The molecule has 0 aliphatic carbocycles. The molecule has 156 valence electrons. The van der Waals surface area contributed by atoms with Crippen LogP contribution < -0.4 is 5.32 Å². The average Bonchev–Trinajstić information content (AvgIpc) is 2.73. The molecule has 1 aliphatic heterocycles. The molecule has 0 saturated heterocycles. The minimum Gasteiger partial charge on any atom is -0.331 e. The molecule has 0 radical (unpaired) electrons. The minimum absolute atomic E-state index is 0.0993. The molecule has 0 bridgehead atoms. The van der Waals surface area contributed by atoms with Gasteiger partial charge in [-0.2, -0.15) is 5.10 Å². The molecule has 3 rings (SSSR count). The molecule has 2 aromatic carbocycles. The van der Waals surface area contributed by atoms with Crippen molar-refractivity contribution < 1.29 is 14.4 Å². The Balaban J connectivity index is 1.64. The highest BCUT2D eigenvalue weighted by Gasteiger charge is 2.27. The summed E-state index contributed by atoms with van der Waals surface area (Å²) in [6, 6.07) is 15.2. The molecule has 0 fully saturated rings. The van der Waals surface area contributed by atoms with E-state index in [4.69, 9.17) is 0 Å². The van der Waals surface area contributed by atoms with E-state index in [-0.39, 0.29) is 42.8 Å². The van der Waals surface area contributed by atoms with Crippen LogP contribution in [-0.4, -0.2) is 46.9 Å². The van der Waals surface area contributed by atoms with Gasteiger partial charge in [-0.15, -0.1) is 0 Å². The zero-order valence-corrected chi connectivity index (χ0v) is 17.5. The van der Waals surface area contributed by atoms with Crippen LogP contribution in [0.1, 0.15) is 29.5 Å². The Morgan fingerprint density at radius 1 is 1.07 bits per heavy atom. The molecular formula is C23H26N4O3. The predicted octanol–water partition coefficient (Wildman–Crippen LogP) is 2.88. The van der Waals surface area contributed by atoms with E-state index in [1.807, 2.05) is 62.4 Å².